The Morgan fingerprint density at radius 1 is 0.552 bits per heavy atom. The number of fused-ring (bicyclic) bond motifs is 2. The van der Waals surface area contributed by atoms with Crippen molar-refractivity contribution in [2.75, 3.05) is 14.2 Å². The van der Waals surface area contributed by atoms with Crippen molar-refractivity contribution in [3.8, 4) is 34.4 Å². The maximum absolute atomic E-state index is 5.97. The summed E-state index contributed by atoms with van der Waals surface area (Å²) in [6.07, 6.45) is 0. The van der Waals surface area contributed by atoms with E-state index in [0.717, 1.165) is 44.2 Å². The predicted molar refractivity (Wildman–Crippen MR) is 113 cm³/mol. The van der Waals surface area contributed by atoms with Crippen LogP contribution in [0.4, 0.5) is 0 Å². The third kappa shape index (κ3) is 3.17. The van der Waals surface area contributed by atoms with Crippen LogP contribution in [0.2, 0.25) is 0 Å². The summed E-state index contributed by atoms with van der Waals surface area (Å²) in [4.78, 5) is 0. The second kappa shape index (κ2) is 6.95. The summed E-state index contributed by atoms with van der Waals surface area (Å²) < 4.78 is 16.5. The molecule has 0 spiro atoms. The third-order valence-electron chi connectivity index (χ3n) is 5.01. The van der Waals surface area contributed by atoms with Crippen molar-refractivity contribution < 1.29 is 13.9 Å². The molecule has 5 heteroatoms. The van der Waals surface area contributed by atoms with E-state index in [1.165, 1.54) is 0 Å². The van der Waals surface area contributed by atoms with Gasteiger partial charge in [0.05, 0.1) is 14.2 Å². The highest BCUT2D eigenvalue weighted by Gasteiger charge is 2.12. The Kier molecular flexibility index (Phi) is 4.13. The molecular weight excluding hydrogens is 364 g/mol. The molecule has 0 bridgehead atoms. The quantitative estimate of drug-likeness (QED) is 0.397. The molecule has 1 heterocycles. The molecule has 0 saturated carbocycles. The molecule has 0 aliphatic carbocycles. The van der Waals surface area contributed by atoms with Crippen molar-refractivity contribution in [2.45, 2.75) is 0 Å². The second-order valence-electron chi connectivity index (χ2n) is 6.77. The first-order valence-corrected chi connectivity index (χ1v) is 9.23. The SMILES string of the molecule is COc1ccc2cc(-c3nnc(-c4ccc5cc(OC)ccc5c4)o3)ccc2c1. The summed E-state index contributed by atoms with van der Waals surface area (Å²) in [5.74, 6) is 2.65. The molecule has 0 amide bonds. The second-order valence-corrected chi connectivity index (χ2v) is 6.77. The van der Waals surface area contributed by atoms with Crippen molar-refractivity contribution in [1.82, 2.24) is 10.2 Å². The highest BCUT2D eigenvalue weighted by Crippen LogP contribution is 2.30. The van der Waals surface area contributed by atoms with E-state index in [0.29, 0.717) is 11.8 Å². The Labute approximate surface area is 167 Å². The van der Waals surface area contributed by atoms with Crippen LogP contribution >= 0.6 is 0 Å². The van der Waals surface area contributed by atoms with Gasteiger partial charge in [0.15, 0.2) is 0 Å². The van der Waals surface area contributed by atoms with Gasteiger partial charge in [-0.15, -0.1) is 10.2 Å². The molecule has 1 aromatic heterocycles. The van der Waals surface area contributed by atoms with Gasteiger partial charge in [-0.05, 0) is 70.1 Å². The minimum Gasteiger partial charge on any atom is -0.497 e. The number of methoxy groups -OCH3 is 2. The lowest BCUT2D eigenvalue weighted by Gasteiger charge is -2.04. The van der Waals surface area contributed by atoms with Gasteiger partial charge in [-0.3, -0.25) is 0 Å². The summed E-state index contributed by atoms with van der Waals surface area (Å²) in [6.45, 7) is 0. The molecule has 5 nitrogen and oxygen atoms in total. The number of rotatable bonds is 4. The van der Waals surface area contributed by atoms with Gasteiger partial charge in [-0.1, -0.05) is 24.3 Å². The molecule has 0 fully saturated rings. The van der Waals surface area contributed by atoms with Crippen LogP contribution in [0.5, 0.6) is 11.5 Å². The average molecular weight is 382 g/mol. The lowest BCUT2D eigenvalue weighted by Crippen LogP contribution is -1.83. The summed E-state index contributed by atoms with van der Waals surface area (Å²) in [5, 5.41) is 12.9. The maximum Gasteiger partial charge on any atom is 0.248 e. The number of aromatic nitrogens is 2. The van der Waals surface area contributed by atoms with E-state index in [4.69, 9.17) is 13.9 Å². The summed E-state index contributed by atoms with van der Waals surface area (Å²) in [7, 11) is 3.33. The highest BCUT2D eigenvalue weighted by molar-refractivity contribution is 5.88. The normalized spacial score (nSPS) is 11.1. The first-order chi connectivity index (χ1) is 14.2. The number of hydrogen-bond donors (Lipinski definition) is 0. The van der Waals surface area contributed by atoms with Gasteiger partial charge in [0.2, 0.25) is 11.8 Å². The van der Waals surface area contributed by atoms with Crippen LogP contribution in [0.3, 0.4) is 0 Å². The van der Waals surface area contributed by atoms with Crippen LogP contribution < -0.4 is 9.47 Å². The molecule has 0 aliphatic rings. The van der Waals surface area contributed by atoms with Gasteiger partial charge in [0, 0.05) is 11.1 Å². The largest absolute Gasteiger partial charge is 0.497 e. The Hall–Kier alpha value is -3.86. The van der Waals surface area contributed by atoms with E-state index in [9.17, 15) is 0 Å². The van der Waals surface area contributed by atoms with E-state index in [1.54, 1.807) is 14.2 Å². The van der Waals surface area contributed by atoms with E-state index in [2.05, 4.69) is 10.2 Å². The number of benzene rings is 4. The molecule has 0 N–H and O–H groups in total. The van der Waals surface area contributed by atoms with Gasteiger partial charge in [-0.2, -0.15) is 0 Å². The zero-order chi connectivity index (χ0) is 19.8. The average Bonchev–Trinajstić information content (AvgIpc) is 3.28. The minimum absolute atomic E-state index is 0.493. The Balaban J connectivity index is 1.50. The Bertz CT molecular complexity index is 1240. The third-order valence-corrected chi connectivity index (χ3v) is 5.01. The van der Waals surface area contributed by atoms with Crippen LogP contribution in [0, 0.1) is 0 Å². The zero-order valence-electron chi connectivity index (χ0n) is 16.0. The minimum atomic E-state index is 0.493. The highest BCUT2D eigenvalue weighted by atomic mass is 16.5. The van der Waals surface area contributed by atoms with Crippen molar-refractivity contribution in [3.05, 3.63) is 72.8 Å². The molecular formula is C24H18N2O3. The lowest BCUT2D eigenvalue weighted by molar-refractivity contribution is 0.415. The number of ether oxygens (including phenoxy) is 2. The van der Waals surface area contributed by atoms with Crippen molar-refractivity contribution in [2.24, 2.45) is 0 Å². The molecule has 0 aliphatic heterocycles. The first kappa shape index (κ1) is 17.3. The Morgan fingerprint density at radius 2 is 0.966 bits per heavy atom. The molecule has 0 saturated heterocycles. The van der Waals surface area contributed by atoms with Gasteiger partial charge in [-0.25, -0.2) is 0 Å². The standard InChI is InChI=1S/C24H18N2O3/c1-27-21-9-7-15-11-19(5-3-17(15)13-21)23-25-26-24(29-23)20-6-4-18-14-22(28-2)10-8-16(18)12-20/h3-14H,1-2H3. The van der Waals surface area contributed by atoms with Crippen LogP contribution in [0.15, 0.2) is 77.2 Å². The molecule has 5 rings (SSSR count). The summed E-state index contributed by atoms with van der Waals surface area (Å²) in [5.41, 5.74) is 1.76. The monoisotopic (exact) mass is 382 g/mol. The van der Waals surface area contributed by atoms with Crippen molar-refractivity contribution in [1.29, 1.82) is 0 Å². The van der Waals surface area contributed by atoms with E-state index < -0.39 is 0 Å². The summed E-state index contributed by atoms with van der Waals surface area (Å²) in [6, 6.07) is 24.0. The zero-order valence-corrected chi connectivity index (χ0v) is 16.0. The van der Waals surface area contributed by atoms with Crippen molar-refractivity contribution >= 4 is 21.5 Å². The molecule has 5 aromatic rings. The molecule has 29 heavy (non-hydrogen) atoms. The summed E-state index contributed by atoms with van der Waals surface area (Å²) >= 11 is 0. The number of hydrogen-bond acceptors (Lipinski definition) is 5. The van der Waals surface area contributed by atoms with Crippen LogP contribution in [0.1, 0.15) is 0 Å². The van der Waals surface area contributed by atoms with Gasteiger partial charge in [0.1, 0.15) is 11.5 Å². The smallest absolute Gasteiger partial charge is 0.248 e. The fraction of sp³-hybridized carbons (Fsp3) is 0.0833. The molecule has 0 atom stereocenters. The molecule has 4 aromatic carbocycles. The van der Waals surface area contributed by atoms with Gasteiger partial charge in [0.25, 0.3) is 0 Å². The Morgan fingerprint density at radius 3 is 1.41 bits per heavy atom. The van der Waals surface area contributed by atoms with E-state index in [-0.39, 0.29) is 0 Å². The van der Waals surface area contributed by atoms with Crippen LogP contribution in [-0.2, 0) is 0 Å². The molecule has 0 unspecified atom stereocenters. The van der Waals surface area contributed by atoms with Crippen LogP contribution in [0.25, 0.3) is 44.5 Å². The number of nitrogens with zero attached hydrogens (tertiary/aromatic N) is 2. The fourth-order valence-corrected chi connectivity index (χ4v) is 3.42. The van der Waals surface area contributed by atoms with Gasteiger partial charge < -0.3 is 13.9 Å². The lowest BCUT2D eigenvalue weighted by atomic mass is 10.1. The van der Waals surface area contributed by atoms with Crippen molar-refractivity contribution in [3.63, 3.8) is 0 Å². The predicted octanol–water partition coefficient (Wildman–Crippen LogP) is 5.73. The molecule has 142 valence electrons. The van der Waals surface area contributed by atoms with E-state index in [1.807, 2.05) is 72.8 Å². The van der Waals surface area contributed by atoms with Gasteiger partial charge >= 0.3 is 0 Å². The van der Waals surface area contributed by atoms with E-state index >= 15 is 0 Å². The maximum atomic E-state index is 5.97. The molecule has 0 radical (unpaired) electrons. The van der Waals surface area contributed by atoms with Crippen LogP contribution in [-0.4, -0.2) is 24.4 Å². The fourth-order valence-electron chi connectivity index (χ4n) is 3.42. The topological polar surface area (TPSA) is 57.4 Å². The first-order valence-electron chi connectivity index (χ1n) is 9.23.